The van der Waals surface area contributed by atoms with Crippen LogP contribution in [0.5, 0.6) is 0 Å². The van der Waals surface area contributed by atoms with E-state index in [1.807, 2.05) is 12.1 Å². The smallest absolute Gasteiger partial charge is 0.314 e. The van der Waals surface area contributed by atoms with Crippen LogP contribution in [0.4, 0.5) is 0 Å². The van der Waals surface area contributed by atoms with Crippen LogP contribution in [-0.2, 0) is 41.9 Å². The Hall–Kier alpha value is -3.28. The third-order valence-corrected chi connectivity index (χ3v) is 3.41. The molecule has 0 N–H and O–H groups in total. The van der Waals surface area contributed by atoms with E-state index in [4.69, 9.17) is 9.47 Å². The van der Waals surface area contributed by atoms with Gasteiger partial charge in [0.25, 0.3) is 0 Å². The maximum Gasteiger partial charge on any atom is 0.314 e. The first-order valence-electron chi connectivity index (χ1n) is 7.99. The molecule has 0 aromatic heterocycles. The summed E-state index contributed by atoms with van der Waals surface area (Å²) in [6, 6.07) is 17.9. The number of benzene rings is 2. The molecule has 0 amide bonds. The van der Waals surface area contributed by atoms with Gasteiger partial charge in [0, 0.05) is 0 Å². The normalized spacial score (nSPS) is 10.0. The summed E-state index contributed by atoms with van der Waals surface area (Å²) in [5.41, 5.74) is 1.54. The van der Waals surface area contributed by atoms with Crippen LogP contribution in [-0.4, -0.2) is 23.5 Å². The number of rotatable bonds is 9. The molecule has 0 spiro atoms. The van der Waals surface area contributed by atoms with E-state index in [9.17, 15) is 19.2 Å². The lowest BCUT2D eigenvalue weighted by atomic mass is 10.1. The molecule has 0 unspecified atom stereocenters. The first-order chi connectivity index (χ1) is 12.5. The predicted molar refractivity (Wildman–Crippen MR) is 91.7 cm³/mol. The highest BCUT2D eigenvalue weighted by molar-refractivity contribution is 6.42. The zero-order valence-electron chi connectivity index (χ0n) is 14.1. The molecular formula is C20H18O6. The van der Waals surface area contributed by atoms with Crippen molar-refractivity contribution in [3.63, 3.8) is 0 Å². The number of esters is 2. The highest BCUT2D eigenvalue weighted by Crippen LogP contribution is 2.04. The first kappa shape index (κ1) is 19.1. The van der Waals surface area contributed by atoms with Gasteiger partial charge in [0.2, 0.25) is 11.6 Å². The molecule has 26 heavy (non-hydrogen) atoms. The molecule has 0 saturated heterocycles. The number of ketones is 2. The molecule has 6 nitrogen and oxygen atoms in total. The molecule has 0 aliphatic heterocycles. The van der Waals surface area contributed by atoms with E-state index in [0.717, 1.165) is 11.1 Å². The van der Waals surface area contributed by atoms with E-state index in [2.05, 4.69) is 0 Å². The number of ether oxygens (including phenoxy) is 2. The second kappa shape index (κ2) is 9.88. The predicted octanol–water partition coefficient (Wildman–Crippen LogP) is 2.39. The SMILES string of the molecule is O=C(CC(=O)C(=O)CC(=O)OCc1ccccc1)OCc1ccccc1. The summed E-state index contributed by atoms with van der Waals surface area (Å²) in [4.78, 5) is 46.7. The molecule has 0 fully saturated rings. The van der Waals surface area contributed by atoms with E-state index in [1.165, 1.54) is 0 Å². The van der Waals surface area contributed by atoms with Gasteiger partial charge in [0.15, 0.2) is 0 Å². The molecule has 6 heteroatoms. The third-order valence-electron chi connectivity index (χ3n) is 3.41. The van der Waals surface area contributed by atoms with Crippen molar-refractivity contribution in [2.24, 2.45) is 0 Å². The largest absolute Gasteiger partial charge is 0.460 e. The van der Waals surface area contributed by atoms with E-state index in [0.29, 0.717) is 0 Å². The average molecular weight is 354 g/mol. The van der Waals surface area contributed by atoms with Crippen molar-refractivity contribution < 1.29 is 28.7 Å². The van der Waals surface area contributed by atoms with Gasteiger partial charge in [-0.05, 0) is 11.1 Å². The van der Waals surface area contributed by atoms with Crippen LogP contribution in [0.2, 0.25) is 0 Å². The van der Waals surface area contributed by atoms with Crippen LogP contribution in [0.15, 0.2) is 60.7 Å². The highest BCUT2D eigenvalue weighted by Gasteiger charge is 2.22. The quantitative estimate of drug-likeness (QED) is 0.390. The molecule has 0 aliphatic carbocycles. The van der Waals surface area contributed by atoms with Gasteiger partial charge < -0.3 is 9.47 Å². The fourth-order valence-electron chi connectivity index (χ4n) is 2.04. The van der Waals surface area contributed by atoms with E-state index < -0.39 is 36.3 Å². The molecular weight excluding hydrogens is 336 g/mol. The Morgan fingerprint density at radius 1 is 0.577 bits per heavy atom. The Kier molecular flexibility index (Phi) is 7.24. The van der Waals surface area contributed by atoms with Crippen molar-refractivity contribution in [1.29, 1.82) is 0 Å². The van der Waals surface area contributed by atoms with Crippen LogP contribution < -0.4 is 0 Å². The fourth-order valence-corrected chi connectivity index (χ4v) is 2.04. The summed E-state index contributed by atoms with van der Waals surface area (Å²) in [6.07, 6.45) is -1.39. The fraction of sp³-hybridized carbons (Fsp3) is 0.200. The zero-order valence-corrected chi connectivity index (χ0v) is 14.1. The summed E-state index contributed by atoms with van der Waals surface area (Å²) >= 11 is 0. The molecule has 2 rings (SSSR count). The summed E-state index contributed by atoms with van der Waals surface area (Å²) in [5, 5.41) is 0. The maximum atomic E-state index is 11.7. The average Bonchev–Trinajstić information content (AvgIpc) is 2.66. The van der Waals surface area contributed by atoms with Crippen LogP contribution in [0.1, 0.15) is 24.0 Å². The van der Waals surface area contributed by atoms with Gasteiger partial charge in [0.1, 0.15) is 26.1 Å². The second-order valence-electron chi connectivity index (χ2n) is 5.49. The van der Waals surface area contributed by atoms with Crippen molar-refractivity contribution in [3.05, 3.63) is 71.8 Å². The van der Waals surface area contributed by atoms with Crippen LogP contribution in [0.3, 0.4) is 0 Å². The van der Waals surface area contributed by atoms with Crippen LogP contribution in [0, 0.1) is 0 Å². The molecule has 2 aromatic carbocycles. The molecule has 0 aliphatic rings. The lowest BCUT2D eigenvalue weighted by molar-refractivity contribution is -0.153. The van der Waals surface area contributed by atoms with Crippen molar-refractivity contribution in [1.82, 2.24) is 0 Å². The highest BCUT2D eigenvalue weighted by atomic mass is 16.5. The molecule has 134 valence electrons. The number of hydrogen-bond donors (Lipinski definition) is 0. The molecule has 0 radical (unpaired) electrons. The number of hydrogen-bond acceptors (Lipinski definition) is 6. The third kappa shape index (κ3) is 6.68. The van der Waals surface area contributed by atoms with Gasteiger partial charge in [0.05, 0.1) is 0 Å². The van der Waals surface area contributed by atoms with Gasteiger partial charge in [-0.2, -0.15) is 0 Å². The monoisotopic (exact) mass is 354 g/mol. The Morgan fingerprint density at radius 3 is 1.27 bits per heavy atom. The summed E-state index contributed by atoms with van der Waals surface area (Å²) in [6.45, 7) is 0.0283. The lowest BCUT2D eigenvalue weighted by Gasteiger charge is -2.05. The van der Waals surface area contributed by atoms with E-state index >= 15 is 0 Å². The standard InChI is InChI=1S/C20H18O6/c21-17(11-19(23)25-13-15-7-3-1-4-8-15)18(22)12-20(24)26-14-16-9-5-2-6-10-16/h1-10H,11-14H2. The molecule has 2 aromatic rings. The van der Waals surface area contributed by atoms with Gasteiger partial charge >= 0.3 is 11.9 Å². The number of carbonyl (C=O) groups is 4. The van der Waals surface area contributed by atoms with Gasteiger partial charge in [-0.1, -0.05) is 60.7 Å². The second-order valence-corrected chi connectivity index (χ2v) is 5.49. The molecule has 0 saturated carbocycles. The Morgan fingerprint density at radius 2 is 0.923 bits per heavy atom. The van der Waals surface area contributed by atoms with E-state index in [1.54, 1.807) is 48.5 Å². The lowest BCUT2D eigenvalue weighted by Crippen LogP contribution is -2.22. The Labute approximate surface area is 150 Å². The minimum absolute atomic E-state index is 0.0141. The maximum absolute atomic E-state index is 11.7. The minimum Gasteiger partial charge on any atom is -0.460 e. The van der Waals surface area contributed by atoms with Crippen molar-refractivity contribution in [3.8, 4) is 0 Å². The summed E-state index contributed by atoms with van der Waals surface area (Å²) in [7, 11) is 0. The summed E-state index contributed by atoms with van der Waals surface area (Å²) < 4.78 is 9.86. The molecule has 0 bridgehead atoms. The molecule has 0 heterocycles. The van der Waals surface area contributed by atoms with Gasteiger partial charge in [-0.15, -0.1) is 0 Å². The van der Waals surface area contributed by atoms with Crippen molar-refractivity contribution >= 4 is 23.5 Å². The van der Waals surface area contributed by atoms with E-state index in [-0.39, 0.29) is 13.2 Å². The van der Waals surface area contributed by atoms with Crippen molar-refractivity contribution in [2.75, 3.05) is 0 Å². The van der Waals surface area contributed by atoms with Crippen LogP contribution in [0.25, 0.3) is 0 Å². The summed E-state index contributed by atoms with van der Waals surface area (Å²) in [5.74, 6) is -3.57. The zero-order chi connectivity index (χ0) is 18.8. The van der Waals surface area contributed by atoms with Gasteiger partial charge in [-0.3, -0.25) is 19.2 Å². The number of carbonyl (C=O) groups excluding carboxylic acids is 4. The van der Waals surface area contributed by atoms with Crippen molar-refractivity contribution in [2.45, 2.75) is 26.1 Å². The topological polar surface area (TPSA) is 86.7 Å². The first-order valence-corrected chi connectivity index (χ1v) is 7.99. The molecule has 0 atom stereocenters. The Bertz CT molecular complexity index is 700. The van der Waals surface area contributed by atoms with Crippen LogP contribution >= 0.6 is 0 Å². The number of Topliss-reactive ketones (excluding diaryl/α,β-unsaturated/α-hetero) is 2. The minimum atomic E-state index is -0.972. The Balaban J connectivity index is 1.70. The van der Waals surface area contributed by atoms with Gasteiger partial charge in [-0.25, -0.2) is 0 Å².